The lowest BCUT2D eigenvalue weighted by Crippen LogP contribution is -2.35. The minimum atomic E-state index is -0.485. The summed E-state index contributed by atoms with van der Waals surface area (Å²) in [6.45, 7) is 0.313. The summed E-state index contributed by atoms with van der Waals surface area (Å²) in [6, 6.07) is 7.10. The van der Waals surface area contributed by atoms with Crippen molar-refractivity contribution in [1.29, 1.82) is 0 Å². The van der Waals surface area contributed by atoms with Gasteiger partial charge >= 0.3 is 17.7 Å². The van der Waals surface area contributed by atoms with Crippen molar-refractivity contribution in [3.05, 3.63) is 51.5 Å². The van der Waals surface area contributed by atoms with Gasteiger partial charge in [0.25, 0.3) is 0 Å². The monoisotopic (exact) mass is 375 g/mol. The number of ether oxygens (including phenoxy) is 1. The predicted molar refractivity (Wildman–Crippen MR) is 97.9 cm³/mol. The topological polar surface area (TPSA) is 82.2 Å². The van der Waals surface area contributed by atoms with Crippen molar-refractivity contribution in [1.82, 2.24) is 24.0 Å². The molecule has 0 saturated heterocycles. The summed E-state index contributed by atoms with van der Waals surface area (Å²) in [7, 11) is 4.69. The second-order valence-electron chi connectivity index (χ2n) is 5.91. The van der Waals surface area contributed by atoms with Gasteiger partial charge in [0.05, 0.1) is 12.8 Å². The molecule has 8 nitrogen and oxygen atoms in total. The van der Waals surface area contributed by atoms with Crippen LogP contribution in [0.4, 0.5) is 4.79 Å². The fraction of sp³-hybridized carbons (Fsp3) is 0.294. The molecule has 0 unspecified atom stereocenters. The Bertz CT molecular complexity index is 1020. The molecule has 3 aromatic rings. The Morgan fingerprint density at radius 2 is 2.04 bits per heavy atom. The lowest BCUT2D eigenvalue weighted by molar-refractivity contribution is 0.219. The Morgan fingerprint density at radius 1 is 1.31 bits per heavy atom. The third kappa shape index (κ3) is 3.28. The highest BCUT2D eigenvalue weighted by molar-refractivity contribution is 6.31. The highest BCUT2D eigenvalue weighted by Gasteiger charge is 2.20. The summed E-state index contributed by atoms with van der Waals surface area (Å²) in [5, 5.41) is 0.668. The van der Waals surface area contributed by atoms with Crippen molar-refractivity contribution in [3.63, 3.8) is 0 Å². The van der Waals surface area contributed by atoms with Gasteiger partial charge in [0, 0.05) is 32.6 Å². The van der Waals surface area contributed by atoms with Crippen molar-refractivity contribution in [2.75, 3.05) is 20.7 Å². The van der Waals surface area contributed by atoms with Crippen molar-refractivity contribution < 1.29 is 9.53 Å². The van der Waals surface area contributed by atoms with Gasteiger partial charge in [-0.3, -0.25) is 4.57 Å². The van der Waals surface area contributed by atoms with E-state index in [9.17, 15) is 9.59 Å². The number of carbonyl (C=O) groups excluding carboxylic acids is 1. The van der Waals surface area contributed by atoms with Crippen LogP contribution in [0.5, 0.6) is 6.01 Å². The number of fused-ring (bicyclic) bond motifs is 1. The lowest BCUT2D eigenvalue weighted by atomic mass is 10.2. The molecular formula is C17H18ClN5O3. The van der Waals surface area contributed by atoms with E-state index >= 15 is 0 Å². The molecule has 0 radical (unpaired) electrons. The molecule has 1 amide bonds. The smallest absolute Gasteiger partial charge is 0.338 e. The van der Waals surface area contributed by atoms with E-state index in [1.165, 1.54) is 15.7 Å². The van der Waals surface area contributed by atoms with E-state index in [1.807, 2.05) is 24.3 Å². The first-order valence-electron chi connectivity index (χ1n) is 7.92. The van der Waals surface area contributed by atoms with Crippen LogP contribution in [0.15, 0.2) is 35.3 Å². The maximum absolute atomic E-state index is 12.3. The summed E-state index contributed by atoms with van der Waals surface area (Å²) in [4.78, 5) is 34.3. The quantitative estimate of drug-likeness (QED) is 0.696. The van der Waals surface area contributed by atoms with Gasteiger partial charge in [-0.2, -0.15) is 9.55 Å². The molecule has 3 rings (SSSR count). The second kappa shape index (κ2) is 7.17. The molecule has 0 saturated carbocycles. The Hall–Kier alpha value is -2.87. The number of halogens is 1. The van der Waals surface area contributed by atoms with Gasteiger partial charge in [-0.1, -0.05) is 29.8 Å². The molecule has 0 spiro atoms. The van der Waals surface area contributed by atoms with E-state index in [0.29, 0.717) is 23.6 Å². The Balaban J connectivity index is 1.87. The lowest BCUT2D eigenvalue weighted by Gasteiger charge is -2.10. The SMILES string of the molecule is CN(C)C(=O)n1c(=O)n(C)c2cnc(OCCc3ccccc3Cl)nc21. The van der Waals surface area contributed by atoms with Crippen LogP contribution in [0.25, 0.3) is 11.2 Å². The number of aromatic nitrogens is 4. The largest absolute Gasteiger partial charge is 0.463 e. The van der Waals surface area contributed by atoms with Crippen molar-refractivity contribution in [3.8, 4) is 6.01 Å². The highest BCUT2D eigenvalue weighted by atomic mass is 35.5. The normalized spacial score (nSPS) is 10.9. The van der Waals surface area contributed by atoms with Crippen LogP contribution >= 0.6 is 11.6 Å². The molecular weight excluding hydrogens is 358 g/mol. The minimum absolute atomic E-state index is 0.0930. The molecule has 0 atom stereocenters. The van der Waals surface area contributed by atoms with Crippen LogP contribution in [0.2, 0.25) is 5.02 Å². The van der Waals surface area contributed by atoms with Crippen LogP contribution in [0.3, 0.4) is 0 Å². The van der Waals surface area contributed by atoms with Crippen molar-refractivity contribution in [2.24, 2.45) is 7.05 Å². The molecule has 0 N–H and O–H groups in total. The second-order valence-corrected chi connectivity index (χ2v) is 6.31. The fourth-order valence-corrected chi connectivity index (χ4v) is 2.72. The molecule has 0 aliphatic rings. The number of nitrogens with zero attached hydrogens (tertiary/aromatic N) is 5. The van der Waals surface area contributed by atoms with E-state index in [4.69, 9.17) is 16.3 Å². The molecule has 136 valence electrons. The third-order valence-electron chi connectivity index (χ3n) is 3.91. The first kappa shape index (κ1) is 17.9. The van der Waals surface area contributed by atoms with Gasteiger partial charge in [-0.15, -0.1) is 0 Å². The molecule has 0 bridgehead atoms. The van der Waals surface area contributed by atoms with Gasteiger partial charge in [-0.05, 0) is 11.6 Å². The average Bonchev–Trinajstić information content (AvgIpc) is 2.86. The molecule has 26 heavy (non-hydrogen) atoms. The number of imidazole rings is 1. The zero-order valence-electron chi connectivity index (χ0n) is 14.6. The molecule has 1 aromatic carbocycles. The summed E-state index contributed by atoms with van der Waals surface area (Å²) in [5.74, 6) is 0. The fourth-order valence-electron chi connectivity index (χ4n) is 2.49. The van der Waals surface area contributed by atoms with Gasteiger partial charge in [0.1, 0.15) is 5.52 Å². The molecule has 9 heteroatoms. The van der Waals surface area contributed by atoms with Crippen molar-refractivity contribution >= 4 is 28.8 Å². The maximum Gasteiger partial charge on any atom is 0.338 e. The average molecular weight is 376 g/mol. The highest BCUT2D eigenvalue weighted by Crippen LogP contribution is 2.16. The number of carbonyl (C=O) groups is 1. The molecule has 2 aromatic heterocycles. The summed E-state index contributed by atoms with van der Waals surface area (Å²) in [6.07, 6.45) is 2.05. The Morgan fingerprint density at radius 3 is 2.73 bits per heavy atom. The van der Waals surface area contributed by atoms with Crippen LogP contribution in [0.1, 0.15) is 5.56 Å². The van der Waals surface area contributed by atoms with Crippen molar-refractivity contribution in [2.45, 2.75) is 6.42 Å². The zero-order chi connectivity index (χ0) is 18.8. The Kier molecular flexibility index (Phi) is 4.94. The number of hydrogen-bond donors (Lipinski definition) is 0. The van der Waals surface area contributed by atoms with Crippen LogP contribution in [0, 0.1) is 0 Å². The van der Waals surface area contributed by atoms with Gasteiger partial charge < -0.3 is 9.64 Å². The summed E-state index contributed by atoms with van der Waals surface area (Å²) < 4.78 is 7.91. The molecule has 0 aliphatic carbocycles. The van der Waals surface area contributed by atoms with Crippen LogP contribution in [-0.2, 0) is 13.5 Å². The predicted octanol–water partition coefficient (Wildman–Crippen LogP) is 1.93. The van der Waals surface area contributed by atoms with Gasteiger partial charge in [-0.25, -0.2) is 14.6 Å². The maximum atomic E-state index is 12.3. The van der Waals surface area contributed by atoms with Crippen LogP contribution < -0.4 is 10.4 Å². The number of aryl methyl sites for hydroxylation is 1. The van der Waals surface area contributed by atoms with E-state index in [-0.39, 0.29) is 11.7 Å². The standard InChI is InChI=1S/C17H18ClN5O3/c1-21(2)16(24)23-14-13(22(3)17(23)25)10-19-15(20-14)26-9-8-11-6-4-5-7-12(11)18/h4-7,10H,8-9H2,1-3H3. The van der Waals surface area contributed by atoms with Crippen LogP contribution in [-0.4, -0.2) is 50.7 Å². The first-order chi connectivity index (χ1) is 12.4. The van der Waals surface area contributed by atoms with E-state index in [0.717, 1.165) is 10.1 Å². The zero-order valence-corrected chi connectivity index (χ0v) is 15.4. The summed E-state index contributed by atoms with van der Waals surface area (Å²) >= 11 is 6.12. The Labute approximate surface area is 154 Å². The van der Waals surface area contributed by atoms with E-state index in [2.05, 4.69) is 9.97 Å². The molecule has 0 fully saturated rings. The van der Waals surface area contributed by atoms with Gasteiger partial charge in [0.15, 0.2) is 5.65 Å². The first-order valence-corrected chi connectivity index (χ1v) is 8.30. The number of rotatable bonds is 4. The van der Waals surface area contributed by atoms with Gasteiger partial charge in [0.2, 0.25) is 0 Å². The molecule has 2 heterocycles. The summed E-state index contributed by atoms with van der Waals surface area (Å²) in [5.41, 5.74) is 1.12. The minimum Gasteiger partial charge on any atom is -0.463 e. The third-order valence-corrected chi connectivity index (χ3v) is 4.28. The van der Waals surface area contributed by atoms with E-state index < -0.39 is 11.7 Å². The number of hydrogen-bond acceptors (Lipinski definition) is 5. The number of amides is 1. The van der Waals surface area contributed by atoms with E-state index in [1.54, 1.807) is 21.1 Å². The number of benzene rings is 1. The molecule has 0 aliphatic heterocycles.